The standard InChI is InChI=1S/C15H18N2O3/c1-11(2)20-13-7-5-12(6-8-13)14(18)10-17-15(19)4-3-9-16-17/h3-9,11,14,18H,10H2,1-2H3. The first-order chi connectivity index (χ1) is 9.56. The Morgan fingerprint density at radius 3 is 2.55 bits per heavy atom. The maximum absolute atomic E-state index is 11.5. The lowest BCUT2D eigenvalue weighted by atomic mass is 10.1. The van der Waals surface area contributed by atoms with Gasteiger partial charge in [-0.15, -0.1) is 0 Å². The summed E-state index contributed by atoms with van der Waals surface area (Å²) in [5, 5.41) is 14.1. The minimum atomic E-state index is -0.782. The Morgan fingerprint density at radius 1 is 1.25 bits per heavy atom. The van der Waals surface area contributed by atoms with Gasteiger partial charge in [-0.3, -0.25) is 4.79 Å². The van der Waals surface area contributed by atoms with Gasteiger partial charge in [-0.05, 0) is 37.6 Å². The molecule has 0 saturated heterocycles. The second-order valence-electron chi connectivity index (χ2n) is 4.80. The molecule has 106 valence electrons. The molecule has 0 fully saturated rings. The number of nitrogens with zero attached hydrogens (tertiary/aromatic N) is 2. The molecule has 0 saturated carbocycles. The molecule has 0 aliphatic heterocycles. The number of hydrogen-bond acceptors (Lipinski definition) is 4. The molecule has 20 heavy (non-hydrogen) atoms. The van der Waals surface area contributed by atoms with Gasteiger partial charge in [0.1, 0.15) is 5.75 Å². The lowest BCUT2D eigenvalue weighted by Gasteiger charge is -2.14. The van der Waals surface area contributed by atoms with Crippen molar-refractivity contribution in [3.05, 3.63) is 58.5 Å². The molecule has 1 aromatic carbocycles. The molecule has 1 N–H and O–H groups in total. The number of aromatic nitrogens is 2. The Hall–Kier alpha value is -2.14. The van der Waals surface area contributed by atoms with Crippen molar-refractivity contribution in [2.75, 3.05) is 0 Å². The predicted molar refractivity (Wildman–Crippen MR) is 75.7 cm³/mol. The van der Waals surface area contributed by atoms with Crippen LogP contribution in [0.5, 0.6) is 5.75 Å². The molecule has 5 nitrogen and oxygen atoms in total. The number of aliphatic hydroxyl groups excluding tert-OH is 1. The van der Waals surface area contributed by atoms with Crippen LogP contribution in [0.3, 0.4) is 0 Å². The highest BCUT2D eigenvalue weighted by Crippen LogP contribution is 2.19. The summed E-state index contributed by atoms with van der Waals surface area (Å²) in [6, 6.07) is 10.2. The lowest BCUT2D eigenvalue weighted by molar-refractivity contribution is 0.149. The van der Waals surface area contributed by atoms with Crippen molar-refractivity contribution >= 4 is 0 Å². The largest absolute Gasteiger partial charge is 0.491 e. The van der Waals surface area contributed by atoms with Crippen molar-refractivity contribution < 1.29 is 9.84 Å². The summed E-state index contributed by atoms with van der Waals surface area (Å²) in [6.07, 6.45) is 0.849. The Bertz CT molecular complexity index is 605. The maximum Gasteiger partial charge on any atom is 0.266 e. The van der Waals surface area contributed by atoms with Crippen molar-refractivity contribution in [3.8, 4) is 5.75 Å². The van der Waals surface area contributed by atoms with E-state index in [2.05, 4.69) is 5.10 Å². The summed E-state index contributed by atoms with van der Waals surface area (Å²) in [6.45, 7) is 4.04. The number of rotatable bonds is 5. The van der Waals surface area contributed by atoms with Gasteiger partial charge < -0.3 is 9.84 Å². The monoisotopic (exact) mass is 274 g/mol. The third kappa shape index (κ3) is 3.68. The minimum Gasteiger partial charge on any atom is -0.491 e. The van der Waals surface area contributed by atoms with Crippen LogP contribution in [-0.4, -0.2) is 21.0 Å². The molecule has 0 aliphatic carbocycles. The van der Waals surface area contributed by atoms with Crippen LogP contribution in [0.15, 0.2) is 47.4 Å². The molecule has 5 heteroatoms. The molecular weight excluding hydrogens is 256 g/mol. The third-order valence-electron chi connectivity index (χ3n) is 2.77. The van der Waals surface area contributed by atoms with Crippen LogP contribution in [0.2, 0.25) is 0 Å². The Labute approximate surface area is 117 Å². The van der Waals surface area contributed by atoms with Gasteiger partial charge in [-0.1, -0.05) is 12.1 Å². The molecular formula is C15H18N2O3. The zero-order valence-corrected chi connectivity index (χ0v) is 11.6. The Balaban J connectivity index is 2.08. The van der Waals surface area contributed by atoms with Gasteiger partial charge in [-0.25, -0.2) is 4.68 Å². The second-order valence-corrected chi connectivity index (χ2v) is 4.80. The fraction of sp³-hybridized carbons (Fsp3) is 0.333. The van der Waals surface area contributed by atoms with Gasteiger partial charge in [-0.2, -0.15) is 5.10 Å². The van der Waals surface area contributed by atoms with E-state index in [-0.39, 0.29) is 18.2 Å². The second kappa shape index (κ2) is 6.34. The zero-order valence-electron chi connectivity index (χ0n) is 11.6. The van der Waals surface area contributed by atoms with E-state index in [1.54, 1.807) is 30.3 Å². The molecule has 0 aliphatic rings. The molecule has 2 rings (SSSR count). The van der Waals surface area contributed by atoms with E-state index in [1.165, 1.54) is 16.9 Å². The van der Waals surface area contributed by atoms with Crippen LogP contribution in [0.25, 0.3) is 0 Å². The van der Waals surface area contributed by atoms with Gasteiger partial charge in [0.15, 0.2) is 0 Å². The molecule has 0 bridgehead atoms. The fourth-order valence-corrected chi connectivity index (χ4v) is 1.83. The summed E-state index contributed by atoms with van der Waals surface area (Å²) < 4.78 is 6.78. The molecule has 0 amide bonds. The van der Waals surface area contributed by atoms with Crippen molar-refractivity contribution in [2.45, 2.75) is 32.6 Å². The quantitative estimate of drug-likeness (QED) is 0.902. The topological polar surface area (TPSA) is 64.3 Å². The first-order valence-electron chi connectivity index (χ1n) is 6.53. The molecule has 0 radical (unpaired) electrons. The fourth-order valence-electron chi connectivity index (χ4n) is 1.83. The number of hydrogen-bond donors (Lipinski definition) is 1. The minimum absolute atomic E-state index is 0.109. The van der Waals surface area contributed by atoms with Crippen LogP contribution in [-0.2, 0) is 6.54 Å². The van der Waals surface area contributed by atoms with E-state index in [0.29, 0.717) is 0 Å². The van der Waals surface area contributed by atoms with E-state index in [9.17, 15) is 9.90 Å². The van der Waals surface area contributed by atoms with Crippen LogP contribution in [0.1, 0.15) is 25.5 Å². The summed E-state index contributed by atoms with van der Waals surface area (Å²) >= 11 is 0. The summed E-state index contributed by atoms with van der Waals surface area (Å²) in [5.74, 6) is 0.756. The van der Waals surface area contributed by atoms with Crippen molar-refractivity contribution in [2.24, 2.45) is 0 Å². The zero-order chi connectivity index (χ0) is 14.5. The van der Waals surface area contributed by atoms with E-state index in [0.717, 1.165) is 11.3 Å². The summed E-state index contributed by atoms with van der Waals surface area (Å²) in [7, 11) is 0. The van der Waals surface area contributed by atoms with Gasteiger partial charge in [0, 0.05) is 12.3 Å². The average Bonchev–Trinajstić information content (AvgIpc) is 2.41. The van der Waals surface area contributed by atoms with E-state index in [1.807, 2.05) is 13.8 Å². The summed E-state index contributed by atoms with van der Waals surface area (Å²) in [5.41, 5.74) is 0.491. The molecule has 1 heterocycles. The third-order valence-corrected chi connectivity index (χ3v) is 2.77. The van der Waals surface area contributed by atoms with Crippen LogP contribution >= 0.6 is 0 Å². The SMILES string of the molecule is CC(C)Oc1ccc(C(O)Cn2ncccc2=O)cc1. The lowest BCUT2D eigenvalue weighted by Crippen LogP contribution is -2.24. The number of benzene rings is 1. The predicted octanol–water partition coefficient (Wildman–Crippen LogP) is 1.76. The van der Waals surface area contributed by atoms with Crippen molar-refractivity contribution in [3.63, 3.8) is 0 Å². The first-order valence-corrected chi connectivity index (χ1v) is 6.53. The highest BCUT2D eigenvalue weighted by Gasteiger charge is 2.10. The Kier molecular flexibility index (Phi) is 4.53. The van der Waals surface area contributed by atoms with Gasteiger partial charge in [0.25, 0.3) is 5.56 Å². The number of ether oxygens (including phenoxy) is 1. The van der Waals surface area contributed by atoms with Crippen LogP contribution < -0.4 is 10.3 Å². The highest BCUT2D eigenvalue weighted by atomic mass is 16.5. The normalized spacial score (nSPS) is 12.4. The van der Waals surface area contributed by atoms with Gasteiger partial charge in [0.05, 0.1) is 18.8 Å². The van der Waals surface area contributed by atoms with Crippen molar-refractivity contribution in [1.82, 2.24) is 9.78 Å². The maximum atomic E-state index is 11.5. The molecule has 2 aromatic rings. The molecule has 1 unspecified atom stereocenters. The number of aliphatic hydroxyl groups is 1. The molecule has 1 atom stereocenters. The summed E-state index contributed by atoms with van der Waals surface area (Å²) in [4.78, 5) is 11.5. The van der Waals surface area contributed by atoms with Gasteiger partial charge in [0.2, 0.25) is 0 Å². The highest BCUT2D eigenvalue weighted by molar-refractivity contribution is 5.28. The van der Waals surface area contributed by atoms with Crippen LogP contribution in [0.4, 0.5) is 0 Å². The van der Waals surface area contributed by atoms with E-state index < -0.39 is 6.10 Å². The van der Waals surface area contributed by atoms with E-state index >= 15 is 0 Å². The first kappa shape index (κ1) is 14.3. The Morgan fingerprint density at radius 2 is 1.95 bits per heavy atom. The molecule has 1 aromatic heterocycles. The van der Waals surface area contributed by atoms with E-state index in [4.69, 9.17) is 4.74 Å². The van der Waals surface area contributed by atoms with Crippen molar-refractivity contribution in [1.29, 1.82) is 0 Å². The van der Waals surface area contributed by atoms with Gasteiger partial charge >= 0.3 is 0 Å². The smallest absolute Gasteiger partial charge is 0.266 e. The van der Waals surface area contributed by atoms with Crippen LogP contribution in [0, 0.1) is 0 Å². The average molecular weight is 274 g/mol. The molecule has 0 spiro atoms.